The average molecular weight is 506 g/mol. The highest BCUT2D eigenvalue weighted by Gasteiger charge is 2.53. The number of hydrogen-bond donors (Lipinski definition) is 3. The number of ketones is 2. The van der Waals surface area contributed by atoms with Gasteiger partial charge in [-0.3, -0.25) is 14.9 Å². The Hall–Kier alpha value is -2.67. The number of anilines is 1. The molecule has 13 heteroatoms. The van der Waals surface area contributed by atoms with Crippen LogP contribution < -0.4 is 10.6 Å². The molecular weight excluding hydrogens is 487 g/mol. The highest BCUT2D eigenvalue weighted by molar-refractivity contribution is 7.89. The van der Waals surface area contributed by atoms with Gasteiger partial charge in [-0.05, 0) is 17.7 Å². The molecule has 0 heterocycles. The van der Waals surface area contributed by atoms with Crippen molar-refractivity contribution < 1.29 is 36.3 Å². The van der Waals surface area contributed by atoms with Crippen LogP contribution in [-0.2, 0) is 19.6 Å². The predicted octanol–water partition coefficient (Wildman–Crippen LogP) is 2.49. The summed E-state index contributed by atoms with van der Waals surface area (Å²) in [5.41, 5.74) is -0.453. The summed E-state index contributed by atoms with van der Waals surface area (Å²) in [6, 6.07) is 3.77. The highest BCUT2D eigenvalue weighted by Crippen LogP contribution is 2.40. The molecule has 178 valence electrons. The van der Waals surface area contributed by atoms with Crippen LogP contribution in [0.2, 0.25) is 5.02 Å². The highest BCUT2D eigenvalue weighted by atomic mass is 35.5. The van der Waals surface area contributed by atoms with Crippen LogP contribution in [0.1, 0.15) is 11.6 Å². The molecular formula is C20H19ClF3N3O5S. The van der Waals surface area contributed by atoms with E-state index >= 15 is 0 Å². The summed E-state index contributed by atoms with van der Waals surface area (Å²) in [5, 5.41) is 14.8. The van der Waals surface area contributed by atoms with Gasteiger partial charge in [-0.25, -0.2) is 12.7 Å². The van der Waals surface area contributed by atoms with E-state index in [1.54, 1.807) is 0 Å². The number of benzene rings is 2. The quantitative estimate of drug-likeness (QED) is 0.391. The third-order valence-corrected chi connectivity index (χ3v) is 7.40. The van der Waals surface area contributed by atoms with Crippen molar-refractivity contribution >= 4 is 38.9 Å². The van der Waals surface area contributed by atoms with Gasteiger partial charge in [0.25, 0.3) is 0 Å². The predicted molar refractivity (Wildman–Crippen MR) is 114 cm³/mol. The van der Waals surface area contributed by atoms with E-state index in [0.717, 1.165) is 16.4 Å². The van der Waals surface area contributed by atoms with Gasteiger partial charge >= 0.3 is 6.18 Å². The molecule has 1 fully saturated rings. The van der Waals surface area contributed by atoms with Crippen LogP contribution in [0.4, 0.5) is 18.9 Å². The third-order valence-electron chi connectivity index (χ3n) is 5.08. The van der Waals surface area contributed by atoms with Crippen LogP contribution in [-0.4, -0.2) is 61.8 Å². The van der Waals surface area contributed by atoms with Crippen LogP contribution >= 0.6 is 11.6 Å². The normalized spacial score (nSPS) is 20.0. The Morgan fingerprint density at radius 3 is 2.15 bits per heavy atom. The Balaban J connectivity index is 1.93. The number of alkyl halides is 3. The van der Waals surface area contributed by atoms with Gasteiger partial charge < -0.3 is 10.4 Å². The Morgan fingerprint density at radius 1 is 1.03 bits per heavy atom. The van der Waals surface area contributed by atoms with Crippen molar-refractivity contribution in [1.82, 2.24) is 9.62 Å². The minimum atomic E-state index is -4.78. The van der Waals surface area contributed by atoms with E-state index in [9.17, 15) is 36.3 Å². The lowest BCUT2D eigenvalue weighted by atomic mass is 9.82. The second-order valence-corrected chi connectivity index (χ2v) is 9.94. The van der Waals surface area contributed by atoms with Gasteiger partial charge in [-0.1, -0.05) is 41.9 Å². The maximum Gasteiger partial charge on any atom is 0.407 e. The van der Waals surface area contributed by atoms with Crippen LogP contribution in [0.3, 0.4) is 0 Å². The van der Waals surface area contributed by atoms with E-state index in [4.69, 9.17) is 11.6 Å². The Morgan fingerprint density at radius 2 is 1.61 bits per heavy atom. The van der Waals surface area contributed by atoms with Gasteiger partial charge in [0.15, 0.2) is 5.75 Å². The van der Waals surface area contributed by atoms with E-state index in [1.807, 2.05) is 0 Å². The van der Waals surface area contributed by atoms with Crippen molar-refractivity contribution in [2.24, 2.45) is 0 Å². The maximum atomic E-state index is 13.7. The zero-order valence-electron chi connectivity index (χ0n) is 17.2. The van der Waals surface area contributed by atoms with Crippen molar-refractivity contribution in [2.75, 3.05) is 19.4 Å². The zero-order valence-corrected chi connectivity index (χ0v) is 18.8. The Labute approximate surface area is 192 Å². The number of nitrogens with zero attached hydrogens (tertiary/aromatic N) is 1. The van der Waals surface area contributed by atoms with E-state index in [1.165, 1.54) is 44.4 Å². The third kappa shape index (κ3) is 4.69. The molecule has 1 aliphatic rings. The number of carbonyl (C=O) groups excluding carboxylic acids is 2. The summed E-state index contributed by atoms with van der Waals surface area (Å²) in [7, 11) is -1.79. The van der Waals surface area contributed by atoms with Crippen LogP contribution in [0.5, 0.6) is 5.75 Å². The number of phenols is 1. The van der Waals surface area contributed by atoms with Gasteiger partial charge in [0.2, 0.25) is 21.6 Å². The fourth-order valence-electron chi connectivity index (χ4n) is 3.30. The van der Waals surface area contributed by atoms with Crippen LogP contribution in [0.25, 0.3) is 0 Å². The minimum absolute atomic E-state index is 0.162. The molecule has 0 amide bonds. The molecule has 3 unspecified atom stereocenters. The number of carbonyl (C=O) groups is 2. The number of nitrogens with one attached hydrogen (secondary N) is 2. The second-order valence-electron chi connectivity index (χ2n) is 7.44. The fourth-order valence-corrected chi connectivity index (χ4v) is 4.78. The zero-order chi connectivity index (χ0) is 24.7. The first kappa shape index (κ1) is 25.0. The molecule has 0 aromatic heterocycles. The number of phenolic OH excluding ortho intramolecular Hbond substituents is 1. The van der Waals surface area contributed by atoms with Crippen LogP contribution in [0, 0.1) is 0 Å². The Bertz CT molecular complexity index is 1190. The fraction of sp³-hybridized carbons (Fsp3) is 0.300. The number of sulfonamides is 1. The van der Waals surface area contributed by atoms with Crippen molar-refractivity contribution in [2.45, 2.75) is 29.2 Å². The lowest BCUT2D eigenvalue weighted by molar-refractivity contribution is -0.165. The summed E-state index contributed by atoms with van der Waals surface area (Å²) in [5.74, 6) is -2.93. The molecule has 3 atom stereocenters. The molecule has 1 saturated carbocycles. The molecule has 0 bridgehead atoms. The average Bonchev–Trinajstić information content (AvgIpc) is 2.73. The van der Waals surface area contributed by atoms with Gasteiger partial charge in [-0.2, -0.15) is 13.2 Å². The molecule has 2 aromatic carbocycles. The maximum absolute atomic E-state index is 13.7. The molecule has 8 nitrogen and oxygen atoms in total. The SMILES string of the molecule is CN(C)S(=O)(=O)c1c(Cl)ccc(NC2C(=O)C(=O)C2NC(c2ccccc2)C(F)(F)F)c1O. The first-order valence-electron chi connectivity index (χ1n) is 9.43. The van der Waals surface area contributed by atoms with Gasteiger partial charge in [0.05, 0.1) is 10.7 Å². The number of rotatable bonds is 7. The van der Waals surface area contributed by atoms with Crippen molar-refractivity contribution in [1.29, 1.82) is 0 Å². The Kier molecular flexibility index (Phi) is 6.76. The van der Waals surface area contributed by atoms with Gasteiger partial charge in [-0.15, -0.1) is 0 Å². The molecule has 0 radical (unpaired) electrons. The van der Waals surface area contributed by atoms with E-state index in [2.05, 4.69) is 10.6 Å². The van der Waals surface area contributed by atoms with Crippen LogP contribution in [0.15, 0.2) is 47.4 Å². The first-order valence-corrected chi connectivity index (χ1v) is 11.2. The van der Waals surface area contributed by atoms with Gasteiger partial charge in [0.1, 0.15) is 23.0 Å². The van der Waals surface area contributed by atoms with Crippen molar-refractivity contribution in [3.8, 4) is 5.75 Å². The number of aromatic hydroxyl groups is 1. The van der Waals surface area contributed by atoms with E-state index in [-0.39, 0.29) is 16.3 Å². The molecule has 1 aliphatic carbocycles. The van der Waals surface area contributed by atoms with E-state index < -0.39 is 56.5 Å². The summed E-state index contributed by atoms with van der Waals surface area (Å²) >= 11 is 5.93. The summed E-state index contributed by atoms with van der Waals surface area (Å²) < 4.78 is 66.8. The standard InChI is InChI=1S/C20H19ClF3N3O5S/c1-27(2)33(31,32)18-11(21)8-9-12(15(18)28)25-13-14(17(30)16(13)29)26-19(20(22,23)24)10-6-4-3-5-7-10/h3-9,13-14,19,25-26,28H,1-2H3. The molecule has 0 spiro atoms. The molecule has 3 rings (SSSR count). The summed E-state index contributed by atoms with van der Waals surface area (Å²) in [6.45, 7) is 0. The van der Waals surface area contributed by atoms with E-state index in [0.29, 0.717) is 0 Å². The number of halogens is 4. The monoisotopic (exact) mass is 505 g/mol. The van der Waals surface area contributed by atoms with Crippen molar-refractivity contribution in [3.63, 3.8) is 0 Å². The largest absolute Gasteiger partial charge is 0.504 e. The van der Waals surface area contributed by atoms with Gasteiger partial charge in [0, 0.05) is 14.1 Å². The molecule has 33 heavy (non-hydrogen) atoms. The number of hydrogen-bond acceptors (Lipinski definition) is 7. The lowest BCUT2D eigenvalue weighted by Gasteiger charge is -2.38. The molecule has 0 aliphatic heterocycles. The molecule has 0 saturated heterocycles. The topological polar surface area (TPSA) is 116 Å². The lowest BCUT2D eigenvalue weighted by Crippen LogP contribution is -2.68. The second kappa shape index (κ2) is 8.93. The first-order chi connectivity index (χ1) is 15.3. The molecule has 2 aromatic rings. The van der Waals surface area contributed by atoms with Crippen molar-refractivity contribution in [3.05, 3.63) is 53.1 Å². The smallest absolute Gasteiger partial charge is 0.407 e. The number of Topliss-reactive ketones (excluding diaryl/α,β-unsaturated/α-hetero) is 2. The summed E-state index contributed by atoms with van der Waals surface area (Å²) in [6.07, 6.45) is -4.78. The summed E-state index contributed by atoms with van der Waals surface area (Å²) in [4.78, 5) is 23.6. The minimum Gasteiger partial charge on any atom is -0.504 e. The molecule has 3 N–H and O–H groups in total.